The van der Waals surface area contributed by atoms with Crippen molar-refractivity contribution in [1.29, 1.82) is 0 Å². The Kier molecular flexibility index (Phi) is 7.07. The van der Waals surface area contributed by atoms with Crippen LogP contribution in [-0.2, 0) is 9.59 Å². The van der Waals surface area contributed by atoms with Gasteiger partial charge in [-0.15, -0.1) is 12.4 Å². The maximum atomic E-state index is 12.0. The summed E-state index contributed by atoms with van der Waals surface area (Å²) in [6, 6.07) is 3.33. The largest absolute Gasteiger partial charge is 0.335 e. The highest BCUT2D eigenvalue weighted by atomic mass is 79.9. The summed E-state index contributed by atoms with van der Waals surface area (Å²) in [6.45, 7) is 0.883. The number of likely N-dealkylation sites (N-methyl/N-ethyl adjacent to an activating group) is 1. The Morgan fingerprint density at radius 2 is 2.29 bits per heavy atom. The fourth-order valence-electron chi connectivity index (χ4n) is 2.09. The summed E-state index contributed by atoms with van der Waals surface area (Å²) in [7, 11) is 1.64. The number of nitrogens with one attached hydrogen (secondary N) is 2. The molecule has 8 heteroatoms. The lowest BCUT2D eigenvalue weighted by molar-refractivity contribution is -0.134. The maximum Gasteiger partial charge on any atom is 0.245 e. The second-order valence-corrected chi connectivity index (χ2v) is 5.67. The van der Waals surface area contributed by atoms with E-state index in [0.717, 1.165) is 23.9 Å². The third-order valence-corrected chi connectivity index (χ3v) is 3.58. The first-order chi connectivity index (χ1) is 9.56. The van der Waals surface area contributed by atoms with E-state index >= 15 is 0 Å². The Morgan fingerprint density at radius 3 is 2.86 bits per heavy atom. The number of amides is 2. The smallest absolute Gasteiger partial charge is 0.245 e. The molecule has 21 heavy (non-hydrogen) atoms. The van der Waals surface area contributed by atoms with E-state index in [2.05, 4.69) is 31.5 Å². The molecule has 1 atom stereocenters. The molecule has 0 aromatic carbocycles. The summed E-state index contributed by atoms with van der Waals surface area (Å²) in [5.41, 5.74) is 0. The van der Waals surface area contributed by atoms with Crippen LogP contribution in [-0.4, -0.2) is 47.9 Å². The quantitative estimate of drug-likeness (QED) is 0.832. The summed E-state index contributed by atoms with van der Waals surface area (Å²) in [6.07, 6.45) is 3.44. The van der Waals surface area contributed by atoms with Gasteiger partial charge in [-0.2, -0.15) is 0 Å². The second-order valence-electron chi connectivity index (χ2n) is 4.75. The minimum atomic E-state index is -0.256. The van der Waals surface area contributed by atoms with Crippen LogP contribution in [0.2, 0.25) is 0 Å². The molecular weight excluding hydrogens is 360 g/mol. The van der Waals surface area contributed by atoms with E-state index < -0.39 is 0 Å². The van der Waals surface area contributed by atoms with Crippen molar-refractivity contribution in [3.63, 3.8) is 0 Å². The molecule has 1 aromatic heterocycles. The molecule has 1 aliphatic rings. The average Bonchev–Trinajstić information content (AvgIpc) is 2.94. The molecule has 2 rings (SSSR count). The Bertz CT molecular complexity index is 491. The van der Waals surface area contributed by atoms with Gasteiger partial charge in [-0.3, -0.25) is 9.59 Å². The van der Waals surface area contributed by atoms with Gasteiger partial charge in [0.1, 0.15) is 5.82 Å². The number of carbonyl (C=O) groups excluding carboxylic acids is 2. The van der Waals surface area contributed by atoms with E-state index in [1.807, 2.05) is 0 Å². The third-order valence-electron chi connectivity index (χ3n) is 3.11. The molecule has 0 spiro atoms. The van der Waals surface area contributed by atoms with Crippen molar-refractivity contribution in [2.45, 2.75) is 18.9 Å². The van der Waals surface area contributed by atoms with Gasteiger partial charge in [0, 0.05) is 17.7 Å². The fourth-order valence-corrected chi connectivity index (χ4v) is 2.32. The monoisotopic (exact) mass is 376 g/mol. The predicted octanol–water partition coefficient (Wildman–Crippen LogP) is 1.41. The number of pyridine rings is 1. The Balaban J connectivity index is 0.00000220. The molecule has 1 aromatic rings. The van der Waals surface area contributed by atoms with Gasteiger partial charge in [-0.25, -0.2) is 4.98 Å². The van der Waals surface area contributed by atoms with Gasteiger partial charge in [0.2, 0.25) is 11.8 Å². The zero-order valence-electron chi connectivity index (χ0n) is 11.6. The summed E-state index contributed by atoms with van der Waals surface area (Å²) in [4.78, 5) is 29.4. The standard InChI is InChI=1S/C13H17BrN4O2.ClH/c1-18(13(20)10-3-2-6-15-10)8-12(19)17-11-5-4-9(14)7-16-11;/h4-5,7,10,15H,2-3,6,8H2,1H3,(H,16,17,19);1H. The van der Waals surface area contributed by atoms with Crippen molar-refractivity contribution in [3.05, 3.63) is 22.8 Å². The molecule has 1 aliphatic heterocycles. The number of hydrogen-bond donors (Lipinski definition) is 2. The summed E-state index contributed by atoms with van der Waals surface area (Å²) in [5, 5.41) is 5.79. The van der Waals surface area contributed by atoms with Gasteiger partial charge in [-0.05, 0) is 47.4 Å². The predicted molar refractivity (Wildman–Crippen MR) is 86.5 cm³/mol. The number of hydrogen-bond acceptors (Lipinski definition) is 4. The van der Waals surface area contributed by atoms with Crippen LogP contribution < -0.4 is 10.6 Å². The highest BCUT2D eigenvalue weighted by molar-refractivity contribution is 9.10. The molecule has 0 saturated carbocycles. The van der Waals surface area contributed by atoms with Crippen LogP contribution in [0.15, 0.2) is 22.8 Å². The number of aromatic nitrogens is 1. The van der Waals surface area contributed by atoms with Gasteiger partial charge >= 0.3 is 0 Å². The number of nitrogens with zero attached hydrogens (tertiary/aromatic N) is 2. The second kappa shape index (κ2) is 8.31. The summed E-state index contributed by atoms with van der Waals surface area (Å²) >= 11 is 3.27. The van der Waals surface area contributed by atoms with Crippen molar-refractivity contribution in [3.8, 4) is 0 Å². The maximum absolute atomic E-state index is 12.0. The average molecular weight is 378 g/mol. The van der Waals surface area contributed by atoms with Crippen molar-refractivity contribution < 1.29 is 9.59 Å². The number of halogens is 2. The number of anilines is 1. The molecular formula is C13H18BrClN4O2. The van der Waals surface area contributed by atoms with Crippen LogP contribution in [0.3, 0.4) is 0 Å². The van der Waals surface area contributed by atoms with E-state index in [9.17, 15) is 9.59 Å². The molecule has 2 N–H and O–H groups in total. The van der Waals surface area contributed by atoms with Crippen molar-refractivity contribution in [2.75, 3.05) is 25.5 Å². The molecule has 2 heterocycles. The molecule has 6 nitrogen and oxygen atoms in total. The van der Waals surface area contributed by atoms with E-state index in [1.54, 1.807) is 25.4 Å². The van der Waals surface area contributed by atoms with E-state index in [-0.39, 0.29) is 36.8 Å². The molecule has 1 fully saturated rings. The zero-order valence-corrected chi connectivity index (χ0v) is 14.0. The fraction of sp³-hybridized carbons (Fsp3) is 0.462. The normalized spacial score (nSPS) is 17.0. The minimum absolute atomic E-state index is 0. The number of carbonyl (C=O) groups is 2. The van der Waals surface area contributed by atoms with E-state index in [1.165, 1.54) is 4.90 Å². The van der Waals surface area contributed by atoms with Crippen molar-refractivity contribution in [1.82, 2.24) is 15.2 Å². The van der Waals surface area contributed by atoms with Crippen LogP contribution in [0.4, 0.5) is 5.82 Å². The van der Waals surface area contributed by atoms with Gasteiger partial charge in [0.25, 0.3) is 0 Å². The number of rotatable bonds is 4. The molecule has 116 valence electrons. The highest BCUT2D eigenvalue weighted by Gasteiger charge is 2.25. The van der Waals surface area contributed by atoms with E-state index in [4.69, 9.17) is 0 Å². The summed E-state index contributed by atoms with van der Waals surface area (Å²) < 4.78 is 0.843. The van der Waals surface area contributed by atoms with Crippen LogP contribution in [0, 0.1) is 0 Å². The SMILES string of the molecule is CN(CC(=O)Nc1ccc(Br)cn1)C(=O)C1CCCN1.Cl. The lowest BCUT2D eigenvalue weighted by Gasteiger charge is -2.20. The van der Waals surface area contributed by atoms with Crippen LogP contribution in [0.5, 0.6) is 0 Å². The molecule has 0 radical (unpaired) electrons. The Labute approximate surface area is 138 Å². The minimum Gasteiger partial charge on any atom is -0.335 e. The molecule has 2 amide bonds. The first-order valence-corrected chi connectivity index (χ1v) is 7.25. The lowest BCUT2D eigenvalue weighted by Crippen LogP contribution is -2.44. The molecule has 1 saturated heterocycles. The van der Waals surface area contributed by atoms with Gasteiger partial charge in [0.15, 0.2) is 0 Å². The van der Waals surface area contributed by atoms with Gasteiger partial charge in [-0.1, -0.05) is 0 Å². The Hall–Kier alpha value is -1.18. The first-order valence-electron chi connectivity index (χ1n) is 6.46. The van der Waals surface area contributed by atoms with Crippen molar-refractivity contribution in [2.24, 2.45) is 0 Å². The van der Waals surface area contributed by atoms with E-state index in [0.29, 0.717) is 5.82 Å². The van der Waals surface area contributed by atoms with Crippen molar-refractivity contribution >= 4 is 46.0 Å². The van der Waals surface area contributed by atoms with Crippen LogP contribution >= 0.6 is 28.3 Å². The third kappa shape index (κ3) is 5.26. The molecule has 0 aliphatic carbocycles. The highest BCUT2D eigenvalue weighted by Crippen LogP contribution is 2.11. The van der Waals surface area contributed by atoms with Gasteiger partial charge in [0.05, 0.1) is 12.6 Å². The Morgan fingerprint density at radius 1 is 1.52 bits per heavy atom. The molecule has 0 bridgehead atoms. The summed E-state index contributed by atoms with van der Waals surface area (Å²) in [5.74, 6) is 0.174. The van der Waals surface area contributed by atoms with Crippen LogP contribution in [0.1, 0.15) is 12.8 Å². The van der Waals surface area contributed by atoms with Gasteiger partial charge < -0.3 is 15.5 Å². The van der Waals surface area contributed by atoms with Crippen LogP contribution in [0.25, 0.3) is 0 Å². The zero-order chi connectivity index (χ0) is 14.5. The lowest BCUT2D eigenvalue weighted by atomic mass is 10.2. The topological polar surface area (TPSA) is 74.3 Å². The molecule has 1 unspecified atom stereocenters. The first kappa shape index (κ1) is 17.9.